The Morgan fingerprint density at radius 1 is 0.391 bits per heavy atom. The highest BCUT2D eigenvalue weighted by atomic mass is 35.5. The first kappa shape index (κ1) is 15.5. The third kappa shape index (κ3) is 2.42. The van der Waals surface area contributed by atoms with Crippen molar-refractivity contribution in [3.05, 3.63) is 0 Å². The first-order chi connectivity index (χ1) is 10.8. The zero-order chi connectivity index (χ0) is 14.3. The van der Waals surface area contributed by atoms with Crippen molar-refractivity contribution in [2.24, 2.45) is 47.3 Å². The van der Waals surface area contributed by atoms with Crippen LogP contribution in [-0.4, -0.2) is 12.1 Å². The Hall–Kier alpha value is 0.210. The summed E-state index contributed by atoms with van der Waals surface area (Å²) in [5.41, 5.74) is 7.89. The number of nitrogens with one attached hydrogen (secondary N) is 2. The van der Waals surface area contributed by atoms with Crippen LogP contribution in [0.1, 0.15) is 64.2 Å². The molecule has 0 aromatic carbocycles. The van der Waals surface area contributed by atoms with Crippen LogP contribution in [0.4, 0.5) is 0 Å². The molecule has 8 aliphatic rings. The van der Waals surface area contributed by atoms with Gasteiger partial charge >= 0.3 is 0 Å². The van der Waals surface area contributed by atoms with E-state index in [1.165, 1.54) is 51.4 Å². The molecule has 8 saturated carbocycles. The summed E-state index contributed by atoms with van der Waals surface area (Å²) < 4.78 is 0. The fraction of sp³-hybridized carbons (Fsp3) is 1.00. The van der Waals surface area contributed by atoms with Gasteiger partial charge in [-0.2, -0.15) is 0 Å². The second-order valence-electron chi connectivity index (χ2n) is 10.2. The lowest BCUT2D eigenvalue weighted by Gasteiger charge is -2.57. The number of rotatable bonds is 3. The predicted molar refractivity (Wildman–Crippen MR) is 95.2 cm³/mol. The lowest BCUT2D eigenvalue weighted by molar-refractivity contribution is -0.0456. The molecule has 23 heavy (non-hydrogen) atoms. The summed E-state index contributed by atoms with van der Waals surface area (Å²) in [6.45, 7) is 0. The van der Waals surface area contributed by atoms with Crippen LogP contribution in [0.25, 0.3) is 0 Å². The molecular weight excluding hydrogens is 304 g/mol. The topological polar surface area (TPSA) is 24.1 Å². The van der Waals surface area contributed by atoms with Crippen LogP contribution >= 0.6 is 12.4 Å². The highest BCUT2D eigenvalue weighted by molar-refractivity contribution is 5.85. The van der Waals surface area contributed by atoms with E-state index in [2.05, 4.69) is 10.9 Å². The Kier molecular flexibility index (Phi) is 3.77. The molecule has 0 saturated heterocycles. The minimum Gasteiger partial charge on any atom is -0.254 e. The molecular formula is C20H33ClN2. The van der Waals surface area contributed by atoms with Gasteiger partial charge in [-0.1, -0.05) is 0 Å². The second kappa shape index (κ2) is 5.61. The Balaban J connectivity index is 0.00000121. The standard InChI is InChI=1S/C20H32N2.ClH/c1-11-3-15-5-12(1)6-16(4-11)19(15)21-22-20-17-7-13-2-14(9-17)10-18(20)8-13;/h11-22H,1-10H2;1H. The highest BCUT2D eigenvalue weighted by Crippen LogP contribution is 2.55. The summed E-state index contributed by atoms with van der Waals surface area (Å²) in [5.74, 6) is 8.40. The van der Waals surface area contributed by atoms with Crippen molar-refractivity contribution < 1.29 is 0 Å². The number of hydrazine groups is 1. The lowest BCUT2D eigenvalue weighted by atomic mass is 9.54. The highest BCUT2D eigenvalue weighted by Gasteiger charge is 2.50. The van der Waals surface area contributed by atoms with E-state index in [-0.39, 0.29) is 12.4 Å². The van der Waals surface area contributed by atoms with Gasteiger partial charge in [0.2, 0.25) is 0 Å². The van der Waals surface area contributed by atoms with Crippen molar-refractivity contribution in [2.45, 2.75) is 76.3 Å². The van der Waals surface area contributed by atoms with Gasteiger partial charge in [-0.3, -0.25) is 10.9 Å². The molecule has 0 amide bonds. The molecule has 0 aromatic heterocycles. The van der Waals surface area contributed by atoms with Crippen molar-refractivity contribution in [1.82, 2.24) is 10.9 Å². The molecule has 0 aliphatic heterocycles. The average Bonchev–Trinajstić information content (AvgIpc) is 2.47. The molecule has 8 bridgehead atoms. The maximum atomic E-state index is 3.94. The fourth-order valence-corrected chi connectivity index (χ4v) is 8.51. The van der Waals surface area contributed by atoms with Crippen molar-refractivity contribution in [3.8, 4) is 0 Å². The number of hydrogen-bond donors (Lipinski definition) is 2. The van der Waals surface area contributed by atoms with Crippen LogP contribution in [0.2, 0.25) is 0 Å². The molecule has 0 atom stereocenters. The molecule has 8 aliphatic carbocycles. The van der Waals surface area contributed by atoms with Gasteiger partial charge in [0.25, 0.3) is 0 Å². The molecule has 0 spiro atoms. The first-order valence-electron chi connectivity index (χ1n) is 10.3. The number of hydrogen-bond acceptors (Lipinski definition) is 2. The molecule has 3 heteroatoms. The van der Waals surface area contributed by atoms with Gasteiger partial charge < -0.3 is 0 Å². The molecule has 0 unspecified atom stereocenters. The van der Waals surface area contributed by atoms with E-state index in [0.29, 0.717) is 0 Å². The van der Waals surface area contributed by atoms with Crippen LogP contribution < -0.4 is 10.9 Å². The van der Waals surface area contributed by atoms with Crippen LogP contribution in [0.3, 0.4) is 0 Å². The fourth-order valence-electron chi connectivity index (χ4n) is 8.51. The molecule has 0 heterocycles. The monoisotopic (exact) mass is 336 g/mol. The van der Waals surface area contributed by atoms with Gasteiger partial charge in [0.1, 0.15) is 0 Å². The smallest absolute Gasteiger partial charge is 0.0269 e. The summed E-state index contributed by atoms with van der Waals surface area (Å²) in [5, 5.41) is 0. The minimum absolute atomic E-state index is 0. The predicted octanol–water partition coefficient (Wildman–Crippen LogP) is 4.15. The molecule has 0 radical (unpaired) electrons. The van der Waals surface area contributed by atoms with Crippen molar-refractivity contribution >= 4 is 12.4 Å². The van der Waals surface area contributed by atoms with E-state index in [1.54, 1.807) is 12.8 Å². The first-order valence-corrected chi connectivity index (χ1v) is 10.3. The van der Waals surface area contributed by atoms with Gasteiger partial charge in [0.15, 0.2) is 0 Å². The van der Waals surface area contributed by atoms with Crippen LogP contribution in [0.15, 0.2) is 0 Å². The van der Waals surface area contributed by atoms with E-state index in [4.69, 9.17) is 0 Å². The molecule has 8 fully saturated rings. The zero-order valence-corrected chi connectivity index (χ0v) is 15.1. The molecule has 130 valence electrons. The van der Waals surface area contributed by atoms with E-state index in [0.717, 1.165) is 59.4 Å². The summed E-state index contributed by atoms with van der Waals surface area (Å²) in [6.07, 6.45) is 15.4. The van der Waals surface area contributed by atoms with Gasteiger partial charge in [-0.25, -0.2) is 0 Å². The van der Waals surface area contributed by atoms with Gasteiger partial charge in [-0.05, 0) is 112 Å². The van der Waals surface area contributed by atoms with Gasteiger partial charge in [0, 0.05) is 12.1 Å². The Bertz CT molecular complexity index is 367. The maximum absolute atomic E-state index is 3.94. The molecule has 2 nitrogen and oxygen atoms in total. The van der Waals surface area contributed by atoms with E-state index >= 15 is 0 Å². The van der Waals surface area contributed by atoms with Crippen molar-refractivity contribution in [2.75, 3.05) is 0 Å². The Morgan fingerprint density at radius 3 is 0.913 bits per heavy atom. The number of halogens is 1. The Labute approximate surface area is 147 Å². The zero-order valence-electron chi connectivity index (χ0n) is 14.3. The van der Waals surface area contributed by atoms with Crippen LogP contribution in [0, 0.1) is 47.3 Å². The van der Waals surface area contributed by atoms with E-state index < -0.39 is 0 Å². The Morgan fingerprint density at radius 2 is 0.652 bits per heavy atom. The second-order valence-corrected chi connectivity index (χ2v) is 10.2. The van der Waals surface area contributed by atoms with Crippen LogP contribution in [0.5, 0.6) is 0 Å². The molecule has 2 N–H and O–H groups in total. The van der Waals surface area contributed by atoms with E-state index in [1.807, 2.05) is 0 Å². The quantitative estimate of drug-likeness (QED) is 0.756. The summed E-state index contributed by atoms with van der Waals surface area (Å²) in [7, 11) is 0. The van der Waals surface area contributed by atoms with E-state index in [9.17, 15) is 0 Å². The third-order valence-corrected chi connectivity index (χ3v) is 8.87. The third-order valence-electron chi connectivity index (χ3n) is 8.87. The lowest BCUT2D eigenvalue weighted by Crippen LogP contribution is -2.63. The van der Waals surface area contributed by atoms with Crippen LogP contribution in [-0.2, 0) is 0 Å². The van der Waals surface area contributed by atoms with Gasteiger partial charge in [-0.15, -0.1) is 12.4 Å². The van der Waals surface area contributed by atoms with Crippen molar-refractivity contribution in [3.63, 3.8) is 0 Å². The summed E-state index contributed by atoms with van der Waals surface area (Å²) in [4.78, 5) is 0. The molecule has 0 aromatic rings. The average molecular weight is 337 g/mol. The minimum atomic E-state index is 0. The normalized spacial score (nSPS) is 58.4. The summed E-state index contributed by atoms with van der Waals surface area (Å²) >= 11 is 0. The van der Waals surface area contributed by atoms with Crippen molar-refractivity contribution in [1.29, 1.82) is 0 Å². The largest absolute Gasteiger partial charge is 0.254 e. The summed E-state index contributed by atoms with van der Waals surface area (Å²) in [6, 6.07) is 1.62. The SMILES string of the molecule is C1C2CC3CC1CC(C2)C3NNC1C2CC3CC(C2)CC1C3.Cl. The van der Waals surface area contributed by atoms with Gasteiger partial charge in [0.05, 0.1) is 0 Å². The maximum Gasteiger partial charge on any atom is 0.0269 e. The molecule has 8 rings (SSSR count).